The highest BCUT2D eigenvalue weighted by molar-refractivity contribution is 6.14. The van der Waals surface area contributed by atoms with Gasteiger partial charge in [0.15, 0.2) is 23.2 Å². The van der Waals surface area contributed by atoms with Gasteiger partial charge in [0.25, 0.3) is 0 Å². The Bertz CT molecular complexity index is 6140. The van der Waals surface area contributed by atoms with Gasteiger partial charge in [-0.25, -0.2) is 19.8 Å². The van der Waals surface area contributed by atoms with Gasteiger partial charge in [-0.2, -0.15) is 9.97 Å². The van der Waals surface area contributed by atoms with E-state index >= 15 is 0 Å². The Labute approximate surface area is 580 Å². The zero-order valence-electron chi connectivity index (χ0n) is 55.6. The van der Waals surface area contributed by atoms with Crippen molar-refractivity contribution in [3.8, 4) is 113 Å². The Morgan fingerprint density at radius 3 is 1.25 bits per heavy atom. The van der Waals surface area contributed by atoms with E-state index in [1.54, 1.807) is 0 Å². The average molecular weight is 1280 g/mol. The van der Waals surface area contributed by atoms with Crippen molar-refractivity contribution >= 4 is 49.3 Å². The lowest BCUT2D eigenvalue weighted by atomic mass is 9.81. The quantitative estimate of drug-likeness (QED) is 0.135. The van der Waals surface area contributed by atoms with Crippen molar-refractivity contribution in [1.82, 2.24) is 34.1 Å². The minimum atomic E-state index is -0.240. The van der Waals surface area contributed by atoms with E-state index in [0.717, 1.165) is 78.0 Å². The fourth-order valence-corrected chi connectivity index (χ4v) is 15.7. The van der Waals surface area contributed by atoms with Crippen molar-refractivity contribution in [3.05, 3.63) is 349 Å². The molecule has 100 heavy (non-hydrogen) atoms. The molecular formula is C92H64N8. The first-order valence-electron chi connectivity index (χ1n) is 34.0. The molecule has 0 unspecified atom stereocenters. The van der Waals surface area contributed by atoms with Gasteiger partial charge in [-0.05, 0) is 121 Å². The van der Waals surface area contributed by atoms with Crippen LogP contribution in [0.15, 0.2) is 315 Å². The van der Waals surface area contributed by atoms with E-state index in [9.17, 15) is 0 Å². The molecule has 4 heterocycles. The van der Waals surface area contributed by atoms with Crippen molar-refractivity contribution in [2.45, 2.75) is 38.5 Å². The van der Waals surface area contributed by atoms with E-state index in [0.29, 0.717) is 29.1 Å². The van der Waals surface area contributed by atoms with E-state index < -0.39 is 0 Å². The Morgan fingerprint density at radius 1 is 0.290 bits per heavy atom. The zero-order valence-corrected chi connectivity index (χ0v) is 55.6. The van der Waals surface area contributed by atoms with Gasteiger partial charge in [-0.15, -0.1) is 0 Å². The summed E-state index contributed by atoms with van der Waals surface area (Å²) in [6, 6.07) is 111. The van der Waals surface area contributed by atoms with Crippen LogP contribution in [0.3, 0.4) is 0 Å². The summed E-state index contributed by atoms with van der Waals surface area (Å²) >= 11 is 0. The summed E-state index contributed by atoms with van der Waals surface area (Å²) < 4.78 is 4.70. The third-order valence-electron chi connectivity index (χ3n) is 20.5. The Balaban J connectivity index is 0.000000145. The minimum Gasteiger partial charge on any atom is -0.309 e. The van der Waals surface area contributed by atoms with Gasteiger partial charge in [0.05, 0.1) is 40.0 Å². The van der Waals surface area contributed by atoms with E-state index in [-0.39, 0.29) is 10.8 Å². The van der Waals surface area contributed by atoms with Gasteiger partial charge in [0.1, 0.15) is 0 Å². The topological polar surface area (TPSA) is 78.7 Å². The number of nitrogens with zero attached hydrogens (tertiary/aromatic N) is 8. The molecule has 0 saturated heterocycles. The maximum atomic E-state index is 7.46. The largest absolute Gasteiger partial charge is 0.309 e. The van der Waals surface area contributed by atoms with Crippen molar-refractivity contribution in [2.24, 2.45) is 0 Å². The third-order valence-corrected chi connectivity index (χ3v) is 20.5. The predicted octanol–water partition coefficient (Wildman–Crippen LogP) is 23.4. The standard InChI is InChI=1S/C49H35N3.C43H29N5/c1-49(2)42-22-11-9-20-38(42)40-28-29-41-39-21-10-12-23-45(39)52(47(41)46(40)49)37-26-24-34(25-27-37)48-50-43(33-16-7-4-8-17-33)31-44(51-48)36-19-13-18-35(30-36)32-14-5-3-6-15-32;1-43(2)36-18-9-7-16-32(36)34-24-25-35-33-17-8-10-19-37(33)48(39(35)38(34)43)42-46-40(28-20-22-31(44-3)23-21-28)45-41(47-42)30-15-11-14-29(26-30)27-12-5-4-6-13-27/h3-31H,1-2H3;4-26H,1-2H3. The second kappa shape index (κ2) is 23.7. The molecule has 0 aliphatic heterocycles. The number of rotatable bonds is 9. The van der Waals surface area contributed by atoms with Crippen LogP contribution in [0.1, 0.15) is 49.9 Å². The van der Waals surface area contributed by atoms with E-state index in [1.165, 1.54) is 77.3 Å². The predicted molar refractivity (Wildman–Crippen MR) is 410 cm³/mol. The number of fused-ring (bicyclic) bond motifs is 14. The van der Waals surface area contributed by atoms with E-state index in [1.807, 2.05) is 36.4 Å². The number of hydrogen-bond acceptors (Lipinski definition) is 5. The molecule has 2 aliphatic rings. The third kappa shape index (κ3) is 9.84. The van der Waals surface area contributed by atoms with Crippen molar-refractivity contribution in [2.75, 3.05) is 0 Å². The van der Waals surface area contributed by atoms with Crippen molar-refractivity contribution in [1.29, 1.82) is 0 Å². The molecule has 0 fully saturated rings. The molecule has 2 aliphatic carbocycles. The van der Waals surface area contributed by atoms with Crippen LogP contribution in [0.4, 0.5) is 5.69 Å². The van der Waals surface area contributed by atoms with Crippen molar-refractivity contribution in [3.63, 3.8) is 0 Å². The molecule has 17 aromatic rings. The highest BCUT2D eigenvalue weighted by atomic mass is 15.2. The fraction of sp³-hybridized carbons (Fsp3) is 0.0652. The summed E-state index contributed by atoms with van der Waals surface area (Å²) in [5, 5.41) is 4.86. The van der Waals surface area contributed by atoms with Gasteiger partial charge < -0.3 is 4.57 Å². The fourth-order valence-electron chi connectivity index (χ4n) is 15.7. The van der Waals surface area contributed by atoms with Crippen LogP contribution in [0, 0.1) is 6.57 Å². The number of benzene rings is 13. The van der Waals surface area contributed by atoms with Crippen LogP contribution in [0.2, 0.25) is 0 Å². The molecular weight excluding hydrogens is 1220 g/mol. The maximum Gasteiger partial charge on any atom is 0.238 e. The molecule has 8 heteroatoms. The lowest BCUT2D eigenvalue weighted by Crippen LogP contribution is -2.17. The smallest absolute Gasteiger partial charge is 0.238 e. The molecule has 0 spiro atoms. The van der Waals surface area contributed by atoms with Gasteiger partial charge in [-0.3, -0.25) is 4.57 Å². The Hall–Kier alpha value is -13.0. The average Bonchev–Trinajstić information content (AvgIpc) is 1.55. The summed E-state index contributed by atoms with van der Waals surface area (Å²) in [6.07, 6.45) is 0. The molecule has 472 valence electrons. The molecule has 0 bridgehead atoms. The Morgan fingerprint density at radius 2 is 0.700 bits per heavy atom. The number of aromatic nitrogens is 7. The highest BCUT2D eigenvalue weighted by Gasteiger charge is 2.40. The lowest BCUT2D eigenvalue weighted by molar-refractivity contribution is 0.663. The molecule has 4 aromatic heterocycles. The zero-order chi connectivity index (χ0) is 67.2. The van der Waals surface area contributed by atoms with Crippen LogP contribution >= 0.6 is 0 Å². The van der Waals surface area contributed by atoms with Crippen LogP contribution < -0.4 is 0 Å². The lowest BCUT2D eigenvalue weighted by Gasteiger charge is -2.23. The summed E-state index contributed by atoms with van der Waals surface area (Å²) in [4.78, 5) is 29.4. The molecule has 0 radical (unpaired) electrons. The maximum absolute atomic E-state index is 7.46. The van der Waals surface area contributed by atoms with Crippen LogP contribution in [0.25, 0.3) is 161 Å². The van der Waals surface area contributed by atoms with Crippen molar-refractivity contribution < 1.29 is 0 Å². The van der Waals surface area contributed by atoms with Gasteiger partial charge >= 0.3 is 0 Å². The van der Waals surface area contributed by atoms with Crippen LogP contribution in [-0.4, -0.2) is 34.1 Å². The van der Waals surface area contributed by atoms with E-state index in [2.05, 4.69) is 321 Å². The van der Waals surface area contributed by atoms with Gasteiger partial charge in [-0.1, -0.05) is 289 Å². The first kappa shape index (κ1) is 59.5. The first-order chi connectivity index (χ1) is 49.0. The second-order valence-electron chi connectivity index (χ2n) is 27.0. The van der Waals surface area contributed by atoms with Crippen LogP contribution in [0.5, 0.6) is 0 Å². The molecule has 8 nitrogen and oxygen atoms in total. The summed E-state index contributed by atoms with van der Waals surface area (Å²) in [6.45, 7) is 16.8. The summed E-state index contributed by atoms with van der Waals surface area (Å²) in [5.74, 6) is 2.40. The highest BCUT2D eigenvalue weighted by Crippen LogP contribution is 2.55. The molecule has 0 saturated carbocycles. The normalized spacial score (nSPS) is 12.9. The SMILES string of the molecule is CC1(C)c2ccccc2-c2ccc3c4ccccc4n(-c4ccc(-c5nc(-c6ccccc6)cc(-c6cccc(-c7ccccc7)c6)n5)cc4)c3c21.[C-]#[N+]c1ccc(-c2nc(-c3cccc(-c4ccccc4)c3)nc(-n3c4ccccc4c4ccc5c(c43)C(C)(C)c3ccccc3-5)n2)cc1. The van der Waals surface area contributed by atoms with Gasteiger partial charge in [0.2, 0.25) is 5.95 Å². The van der Waals surface area contributed by atoms with E-state index in [4.69, 9.17) is 31.5 Å². The summed E-state index contributed by atoms with van der Waals surface area (Å²) in [5.41, 5.74) is 27.6. The Kier molecular flexibility index (Phi) is 14.1. The molecule has 0 atom stereocenters. The van der Waals surface area contributed by atoms with Crippen LogP contribution in [-0.2, 0) is 10.8 Å². The van der Waals surface area contributed by atoms with Gasteiger partial charge in [0, 0.05) is 65.9 Å². The molecule has 13 aromatic carbocycles. The summed E-state index contributed by atoms with van der Waals surface area (Å²) in [7, 11) is 0. The number of para-hydroxylation sites is 2. The number of hydrogen-bond donors (Lipinski definition) is 0. The first-order valence-corrected chi connectivity index (χ1v) is 34.0. The molecule has 0 amide bonds. The molecule has 19 rings (SSSR count). The second-order valence-corrected chi connectivity index (χ2v) is 27.0. The molecule has 0 N–H and O–H groups in total. The minimum absolute atomic E-state index is 0.141. The monoisotopic (exact) mass is 1280 g/mol.